The molecule has 7 nitrogen and oxygen atoms in total. The van der Waals surface area contributed by atoms with Gasteiger partial charge in [0.25, 0.3) is 0 Å². The summed E-state index contributed by atoms with van der Waals surface area (Å²) in [7, 11) is 3.17. The second-order valence-corrected chi connectivity index (χ2v) is 5.45. The number of pyridine rings is 1. The van der Waals surface area contributed by atoms with E-state index in [2.05, 4.69) is 33.3 Å². The van der Waals surface area contributed by atoms with Crippen LogP contribution in [0.15, 0.2) is 24.5 Å². The fourth-order valence-corrected chi connectivity index (χ4v) is 2.64. The molecule has 0 aliphatic heterocycles. The number of imidazole rings is 1. The molecule has 0 bridgehead atoms. The van der Waals surface area contributed by atoms with Gasteiger partial charge in [-0.2, -0.15) is 5.26 Å². The van der Waals surface area contributed by atoms with Crippen molar-refractivity contribution in [2.24, 2.45) is 0 Å². The number of aryl methyl sites for hydroxylation is 1. The Balaban J connectivity index is 2.06. The molecule has 0 unspecified atom stereocenters. The molecule has 2 heterocycles. The Bertz CT molecular complexity index is 943. The summed E-state index contributed by atoms with van der Waals surface area (Å²) >= 11 is 0. The monoisotopic (exact) mass is 337 g/mol. The lowest BCUT2D eigenvalue weighted by Gasteiger charge is -2.13. The van der Waals surface area contributed by atoms with Crippen LogP contribution >= 0.6 is 0 Å². The Morgan fingerprint density at radius 1 is 1.20 bits per heavy atom. The SMILES string of the molecule is CCc1cnc(CNc2c(C#N)cnc3c(OC)cc(OC)cc23)[nH]1. The van der Waals surface area contributed by atoms with Crippen molar-refractivity contribution in [2.75, 3.05) is 19.5 Å². The summed E-state index contributed by atoms with van der Waals surface area (Å²) in [5.41, 5.74) is 2.86. The molecule has 0 saturated heterocycles. The first-order valence-corrected chi connectivity index (χ1v) is 7.91. The van der Waals surface area contributed by atoms with E-state index in [1.807, 2.05) is 12.3 Å². The number of nitrogens with one attached hydrogen (secondary N) is 2. The number of ether oxygens (including phenoxy) is 2. The number of H-pyrrole nitrogens is 1. The molecule has 0 aliphatic carbocycles. The summed E-state index contributed by atoms with van der Waals surface area (Å²) in [6.07, 6.45) is 4.25. The molecular formula is C18H19N5O2. The van der Waals surface area contributed by atoms with Crippen LogP contribution in [0.3, 0.4) is 0 Å². The largest absolute Gasteiger partial charge is 0.497 e. The number of hydrogen-bond acceptors (Lipinski definition) is 6. The van der Waals surface area contributed by atoms with Crippen LogP contribution in [0.5, 0.6) is 11.5 Å². The number of hydrogen-bond donors (Lipinski definition) is 2. The highest BCUT2D eigenvalue weighted by atomic mass is 16.5. The lowest BCUT2D eigenvalue weighted by molar-refractivity contribution is 0.397. The second-order valence-electron chi connectivity index (χ2n) is 5.45. The summed E-state index contributed by atoms with van der Waals surface area (Å²) in [6.45, 7) is 2.53. The van der Waals surface area contributed by atoms with Gasteiger partial charge < -0.3 is 19.8 Å². The maximum Gasteiger partial charge on any atom is 0.148 e. The van der Waals surface area contributed by atoms with Gasteiger partial charge in [-0.05, 0) is 12.5 Å². The number of nitrogens with zero attached hydrogens (tertiary/aromatic N) is 3. The highest BCUT2D eigenvalue weighted by Gasteiger charge is 2.14. The Hall–Kier alpha value is -3.27. The second kappa shape index (κ2) is 7.09. The summed E-state index contributed by atoms with van der Waals surface area (Å²) < 4.78 is 10.7. The molecule has 0 atom stereocenters. The highest BCUT2D eigenvalue weighted by molar-refractivity contribution is 5.98. The molecule has 2 aromatic heterocycles. The fraction of sp³-hybridized carbons (Fsp3) is 0.278. The zero-order valence-corrected chi connectivity index (χ0v) is 14.4. The van der Waals surface area contributed by atoms with Crippen LogP contribution < -0.4 is 14.8 Å². The summed E-state index contributed by atoms with van der Waals surface area (Å²) in [5, 5.41) is 13.5. The van der Waals surface area contributed by atoms with E-state index in [4.69, 9.17) is 9.47 Å². The van der Waals surface area contributed by atoms with E-state index in [0.29, 0.717) is 34.8 Å². The Labute approximate surface area is 145 Å². The van der Waals surface area contributed by atoms with Crippen molar-refractivity contribution < 1.29 is 9.47 Å². The van der Waals surface area contributed by atoms with Crippen LogP contribution in [0.4, 0.5) is 5.69 Å². The van der Waals surface area contributed by atoms with Crippen LogP contribution in [-0.2, 0) is 13.0 Å². The van der Waals surface area contributed by atoms with E-state index in [1.165, 1.54) is 0 Å². The third-order valence-corrected chi connectivity index (χ3v) is 3.98. The van der Waals surface area contributed by atoms with Gasteiger partial charge in [0, 0.05) is 29.5 Å². The molecule has 0 aliphatic rings. The van der Waals surface area contributed by atoms with Gasteiger partial charge in [0.15, 0.2) is 0 Å². The van der Waals surface area contributed by atoms with Crippen molar-refractivity contribution in [2.45, 2.75) is 19.9 Å². The maximum atomic E-state index is 9.45. The molecule has 1 aromatic carbocycles. The lowest BCUT2D eigenvalue weighted by atomic mass is 10.1. The first-order valence-electron chi connectivity index (χ1n) is 7.91. The highest BCUT2D eigenvalue weighted by Crippen LogP contribution is 2.35. The number of rotatable bonds is 6. The number of fused-ring (bicyclic) bond motifs is 1. The summed E-state index contributed by atoms with van der Waals surface area (Å²) in [4.78, 5) is 11.9. The molecular weight excluding hydrogens is 318 g/mol. The zero-order valence-electron chi connectivity index (χ0n) is 14.4. The van der Waals surface area contributed by atoms with Gasteiger partial charge in [0.05, 0.1) is 32.0 Å². The van der Waals surface area contributed by atoms with Gasteiger partial charge >= 0.3 is 0 Å². The predicted molar refractivity (Wildman–Crippen MR) is 94.9 cm³/mol. The van der Waals surface area contributed by atoms with E-state index in [0.717, 1.165) is 23.3 Å². The zero-order chi connectivity index (χ0) is 17.8. The van der Waals surface area contributed by atoms with Crippen molar-refractivity contribution in [1.82, 2.24) is 15.0 Å². The molecule has 7 heteroatoms. The molecule has 0 saturated carbocycles. The Morgan fingerprint density at radius 3 is 2.68 bits per heavy atom. The maximum absolute atomic E-state index is 9.45. The third kappa shape index (κ3) is 3.19. The van der Waals surface area contributed by atoms with Crippen LogP contribution in [0, 0.1) is 11.3 Å². The van der Waals surface area contributed by atoms with E-state index in [1.54, 1.807) is 26.5 Å². The molecule has 3 aromatic rings. The average Bonchev–Trinajstić information content (AvgIpc) is 3.12. The smallest absolute Gasteiger partial charge is 0.148 e. The lowest BCUT2D eigenvalue weighted by Crippen LogP contribution is -2.05. The Kier molecular flexibility index (Phi) is 4.70. The Morgan fingerprint density at radius 2 is 2.04 bits per heavy atom. The number of aromatic nitrogens is 3. The molecule has 2 N–H and O–H groups in total. The number of nitriles is 1. The van der Waals surface area contributed by atoms with Crippen LogP contribution in [0.25, 0.3) is 10.9 Å². The van der Waals surface area contributed by atoms with Crippen LogP contribution in [0.1, 0.15) is 24.0 Å². The van der Waals surface area contributed by atoms with Crippen molar-refractivity contribution in [1.29, 1.82) is 5.26 Å². The predicted octanol–water partition coefficient (Wildman–Crippen LogP) is 3.02. The number of aromatic amines is 1. The standard InChI is InChI=1S/C18H19N5O2/c1-4-12-9-20-16(23-12)10-22-17-11(7-19)8-21-18-14(17)5-13(24-2)6-15(18)25-3/h5-6,8-9H,4,10H2,1-3H3,(H,20,23)(H,21,22). The minimum absolute atomic E-state index is 0.449. The van der Waals surface area contributed by atoms with E-state index < -0.39 is 0 Å². The molecule has 128 valence electrons. The van der Waals surface area contributed by atoms with Crippen LogP contribution in [0.2, 0.25) is 0 Å². The van der Waals surface area contributed by atoms with Gasteiger partial charge in [0.2, 0.25) is 0 Å². The fourth-order valence-electron chi connectivity index (χ4n) is 2.64. The first-order chi connectivity index (χ1) is 12.2. The first kappa shape index (κ1) is 16.6. The molecule has 25 heavy (non-hydrogen) atoms. The van der Waals surface area contributed by atoms with Crippen molar-refractivity contribution in [3.05, 3.63) is 41.6 Å². The summed E-state index contributed by atoms with van der Waals surface area (Å²) in [5.74, 6) is 2.03. The molecule has 0 spiro atoms. The summed E-state index contributed by atoms with van der Waals surface area (Å²) in [6, 6.07) is 5.79. The minimum atomic E-state index is 0.449. The van der Waals surface area contributed by atoms with E-state index in [-0.39, 0.29) is 0 Å². The number of methoxy groups -OCH3 is 2. The van der Waals surface area contributed by atoms with Crippen molar-refractivity contribution >= 4 is 16.6 Å². The van der Waals surface area contributed by atoms with Gasteiger partial charge in [-0.3, -0.25) is 4.98 Å². The quantitative estimate of drug-likeness (QED) is 0.718. The topological polar surface area (TPSA) is 95.8 Å². The normalized spacial score (nSPS) is 10.5. The molecule has 0 amide bonds. The number of benzene rings is 1. The molecule has 0 fully saturated rings. The van der Waals surface area contributed by atoms with E-state index >= 15 is 0 Å². The minimum Gasteiger partial charge on any atom is -0.497 e. The van der Waals surface area contributed by atoms with Gasteiger partial charge in [-0.15, -0.1) is 0 Å². The van der Waals surface area contributed by atoms with Crippen molar-refractivity contribution in [3.63, 3.8) is 0 Å². The number of anilines is 1. The molecule has 0 radical (unpaired) electrons. The average molecular weight is 337 g/mol. The van der Waals surface area contributed by atoms with Crippen molar-refractivity contribution in [3.8, 4) is 17.6 Å². The molecule has 3 rings (SSSR count). The van der Waals surface area contributed by atoms with Gasteiger partial charge in [0.1, 0.15) is 28.9 Å². The van der Waals surface area contributed by atoms with Gasteiger partial charge in [-0.25, -0.2) is 4.98 Å². The van der Waals surface area contributed by atoms with Crippen LogP contribution in [-0.4, -0.2) is 29.2 Å². The van der Waals surface area contributed by atoms with E-state index in [9.17, 15) is 5.26 Å². The van der Waals surface area contributed by atoms with Gasteiger partial charge in [-0.1, -0.05) is 6.92 Å². The third-order valence-electron chi connectivity index (χ3n) is 3.98.